The molecule has 12 nitrogen and oxygen atoms in total. The van der Waals surface area contributed by atoms with Gasteiger partial charge in [0.25, 0.3) is 5.91 Å². The molecule has 2 aliphatic heterocycles. The van der Waals surface area contributed by atoms with Gasteiger partial charge < -0.3 is 31.4 Å². The van der Waals surface area contributed by atoms with Crippen molar-refractivity contribution in [2.75, 3.05) is 18.8 Å². The number of sulfone groups is 1. The maximum atomic E-state index is 12.6. The molecule has 4 amide bonds. The van der Waals surface area contributed by atoms with Gasteiger partial charge >= 0.3 is 6.03 Å². The molecule has 0 spiro atoms. The third kappa shape index (κ3) is 14.7. The van der Waals surface area contributed by atoms with Crippen molar-refractivity contribution in [2.45, 2.75) is 172 Å². The van der Waals surface area contributed by atoms with Crippen LogP contribution >= 0.6 is 0 Å². The minimum absolute atomic E-state index is 0.0562. The van der Waals surface area contributed by atoms with E-state index in [-0.39, 0.29) is 30.3 Å². The molecule has 4 aliphatic rings. The largest absolute Gasteiger partial charge is 0.347 e. The fourth-order valence-corrected chi connectivity index (χ4v) is 9.49. The van der Waals surface area contributed by atoms with Gasteiger partial charge in [-0.3, -0.25) is 14.4 Å². The summed E-state index contributed by atoms with van der Waals surface area (Å²) in [5, 5.41) is 13.6. The van der Waals surface area contributed by atoms with Gasteiger partial charge in [0.1, 0.15) is 6.29 Å². The Labute approximate surface area is 295 Å². The highest BCUT2D eigenvalue weighted by molar-refractivity contribution is 7.92. The Hall–Kier alpha value is -2.54. The summed E-state index contributed by atoms with van der Waals surface area (Å²) in [7, 11) is -3.12. The van der Waals surface area contributed by atoms with Crippen molar-refractivity contribution in [3.63, 3.8) is 0 Å². The van der Waals surface area contributed by atoms with Crippen molar-refractivity contribution in [1.82, 2.24) is 26.6 Å². The fourth-order valence-electron chi connectivity index (χ4n) is 7.13. The minimum atomic E-state index is -3.12. The summed E-state index contributed by atoms with van der Waals surface area (Å²) in [4.78, 5) is 59.4. The van der Waals surface area contributed by atoms with Crippen LogP contribution in [0.15, 0.2) is 0 Å². The molecule has 282 valence electrons. The van der Waals surface area contributed by atoms with E-state index in [4.69, 9.17) is 0 Å². The van der Waals surface area contributed by atoms with E-state index in [1.165, 1.54) is 25.7 Å². The SMILES string of the molecule is CC.CCCCCCCCC[C@H](NC(=O)C1C[C@@H](C)CN1)C(=O)C(=O)NC1CC1.O=CCNC(=O)NC1([C@H]2CCCS2(=O)=O)CCCCC1. The molecule has 0 radical (unpaired) electrons. The molecule has 2 heterocycles. The summed E-state index contributed by atoms with van der Waals surface area (Å²) in [5.41, 5.74) is -0.652. The quantitative estimate of drug-likeness (QED) is 0.0844. The molecule has 4 atom stereocenters. The molecular weight excluding hydrogens is 646 g/mol. The van der Waals surface area contributed by atoms with Crippen LogP contribution in [0.3, 0.4) is 0 Å². The fraction of sp³-hybridized carbons (Fsp3) is 0.861. The Morgan fingerprint density at radius 3 is 2.12 bits per heavy atom. The van der Waals surface area contributed by atoms with Gasteiger partial charge in [-0.25, -0.2) is 13.2 Å². The number of nitrogens with one attached hydrogen (secondary N) is 5. The van der Waals surface area contributed by atoms with Crippen LogP contribution in [-0.4, -0.2) is 86.1 Å². The summed E-state index contributed by atoms with van der Waals surface area (Å²) in [6, 6.07) is -1.25. The number of carbonyl (C=O) groups is 5. The lowest BCUT2D eigenvalue weighted by Crippen LogP contribution is -2.61. The van der Waals surface area contributed by atoms with Gasteiger partial charge in [0.2, 0.25) is 11.7 Å². The van der Waals surface area contributed by atoms with Crippen LogP contribution in [0.2, 0.25) is 0 Å². The molecule has 2 aliphatic carbocycles. The summed E-state index contributed by atoms with van der Waals surface area (Å²) in [5.74, 6) is -0.515. The first kappa shape index (κ1) is 42.6. The zero-order chi connectivity index (χ0) is 36.3. The average molecular weight is 712 g/mol. The lowest BCUT2D eigenvalue weighted by molar-refractivity contribution is -0.140. The van der Waals surface area contributed by atoms with Crippen molar-refractivity contribution < 1.29 is 32.4 Å². The highest BCUT2D eigenvalue weighted by Crippen LogP contribution is 2.39. The van der Waals surface area contributed by atoms with Crippen LogP contribution in [0.5, 0.6) is 0 Å². The summed E-state index contributed by atoms with van der Waals surface area (Å²) in [6.45, 7) is 9.06. The highest BCUT2D eigenvalue weighted by atomic mass is 32.2. The average Bonchev–Trinajstić information content (AvgIpc) is 3.67. The van der Waals surface area contributed by atoms with Crippen LogP contribution in [0.4, 0.5) is 4.79 Å². The minimum Gasteiger partial charge on any atom is -0.347 e. The second-order valence-electron chi connectivity index (χ2n) is 14.1. The lowest BCUT2D eigenvalue weighted by Gasteiger charge is -2.42. The van der Waals surface area contributed by atoms with E-state index in [0.29, 0.717) is 44.3 Å². The number of hydrogen-bond donors (Lipinski definition) is 5. The first-order chi connectivity index (χ1) is 23.5. The standard InChI is InChI=1S/C21H37N3O3.C13H22N2O4S.C2H6/c1-3-4-5-6-7-8-9-10-17(19(25)21(27)23-16-11-12-16)24-20(26)18-13-15(2)14-22-18;16-9-8-14-12(17)15-13(6-2-1-3-7-13)11-5-4-10-20(11,18)19;1-2/h15-18,22H,3-14H2,1-2H3,(H,23,27)(H,24,26);9,11H,1-8,10H2,(H2,14,15,17);1-2H3/t15-,17+,18?;11-;/m11./s1. The zero-order valence-electron chi connectivity index (χ0n) is 30.6. The van der Waals surface area contributed by atoms with E-state index in [2.05, 4.69) is 40.4 Å². The molecule has 2 saturated heterocycles. The molecule has 4 rings (SSSR count). The van der Waals surface area contributed by atoms with Gasteiger partial charge in [0.15, 0.2) is 9.84 Å². The molecule has 13 heteroatoms. The Bertz CT molecular complexity index is 1150. The van der Waals surface area contributed by atoms with Gasteiger partial charge in [-0.1, -0.05) is 91.9 Å². The first-order valence-electron chi connectivity index (χ1n) is 19.1. The Morgan fingerprint density at radius 2 is 1.57 bits per heavy atom. The number of urea groups is 1. The van der Waals surface area contributed by atoms with Crippen LogP contribution in [-0.2, 0) is 29.0 Å². The Kier molecular flexibility index (Phi) is 19.4. The van der Waals surface area contributed by atoms with E-state index in [9.17, 15) is 32.4 Å². The molecule has 1 unspecified atom stereocenters. The smallest absolute Gasteiger partial charge is 0.315 e. The van der Waals surface area contributed by atoms with Crippen molar-refractivity contribution in [3.8, 4) is 0 Å². The van der Waals surface area contributed by atoms with Gasteiger partial charge in [0.05, 0.1) is 35.2 Å². The van der Waals surface area contributed by atoms with Gasteiger partial charge in [-0.2, -0.15) is 0 Å². The molecule has 0 aromatic carbocycles. The third-order valence-corrected chi connectivity index (χ3v) is 12.3. The normalized spacial score (nSPS) is 24.1. The van der Waals surface area contributed by atoms with Crippen LogP contribution in [0.1, 0.15) is 143 Å². The Morgan fingerprint density at radius 1 is 0.918 bits per heavy atom. The van der Waals surface area contributed by atoms with Gasteiger partial charge in [0, 0.05) is 6.04 Å². The molecule has 0 aromatic rings. The van der Waals surface area contributed by atoms with E-state index in [1.54, 1.807) is 0 Å². The summed E-state index contributed by atoms with van der Waals surface area (Å²) < 4.78 is 24.5. The monoisotopic (exact) mass is 711 g/mol. The first-order valence-corrected chi connectivity index (χ1v) is 20.8. The molecule has 4 fully saturated rings. The lowest BCUT2D eigenvalue weighted by atomic mass is 9.78. The summed E-state index contributed by atoms with van der Waals surface area (Å²) in [6.07, 6.45) is 17.4. The van der Waals surface area contributed by atoms with Crippen LogP contribution in [0.25, 0.3) is 0 Å². The van der Waals surface area contributed by atoms with E-state index in [1.807, 2.05) is 13.8 Å². The second-order valence-corrected chi connectivity index (χ2v) is 16.4. The van der Waals surface area contributed by atoms with Crippen molar-refractivity contribution in [2.24, 2.45) is 5.92 Å². The predicted octanol–water partition coefficient (Wildman–Crippen LogP) is 4.25. The predicted molar refractivity (Wildman–Crippen MR) is 193 cm³/mol. The molecule has 0 aromatic heterocycles. The van der Waals surface area contributed by atoms with E-state index in [0.717, 1.165) is 64.3 Å². The molecule has 0 bridgehead atoms. The highest BCUT2D eigenvalue weighted by Gasteiger charge is 2.49. The number of amides is 4. The molecular formula is C36H65N5O7S. The number of rotatable bonds is 17. The maximum absolute atomic E-state index is 12.6. The zero-order valence-corrected chi connectivity index (χ0v) is 31.4. The second kappa shape index (κ2) is 22.3. The molecule has 5 N–H and O–H groups in total. The number of carbonyl (C=O) groups excluding carboxylic acids is 5. The van der Waals surface area contributed by atoms with Crippen LogP contribution < -0.4 is 26.6 Å². The third-order valence-electron chi connectivity index (χ3n) is 9.93. The number of aldehydes is 1. The maximum Gasteiger partial charge on any atom is 0.315 e. The number of unbranched alkanes of at least 4 members (excludes halogenated alkanes) is 6. The molecule has 2 saturated carbocycles. The topological polar surface area (TPSA) is 180 Å². The van der Waals surface area contributed by atoms with Gasteiger partial charge in [-0.05, 0) is 63.8 Å². The van der Waals surface area contributed by atoms with Crippen molar-refractivity contribution in [3.05, 3.63) is 0 Å². The number of Topliss-reactive ketones (excluding diaryl/α,β-unsaturated/α-hetero) is 1. The van der Waals surface area contributed by atoms with E-state index < -0.39 is 44.4 Å². The summed E-state index contributed by atoms with van der Waals surface area (Å²) >= 11 is 0. The number of hydrogen-bond acceptors (Lipinski definition) is 8. The van der Waals surface area contributed by atoms with Gasteiger partial charge in [-0.15, -0.1) is 0 Å². The van der Waals surface area contributed by atoms with Crippen molar-refractivity contribution in [1.29, 1.82) is 0 Å². The van der Waals surface area contributed by atoms with Crippen LogP contribution in [0, 0.1) is 5.92 Å². The van der Waals surface area contributed by atoms with Crippen molar-refractivity contribution >= 4 is 39.8 Å². The van der Waals surface area contributed by atoms with E-state index >= 15 is 0 Å². The number of ketones is 1. The molecule has 49 heavy (non-hydrogen) atoms. The Balaban J connectivity index is 0.000000336.